The average molecular weight is 418 g/mol. The number of carbonyl (C=O) groups excluding carboxylic acids is 1. The van der Waals surface area contributed by atoms with Gasteiger partial charge in [-0.3, -0.25) is 4.79 Å². The molecule has 1 amide bonds. The number of nitrogens with zero attached hydrogens (tertiary/aromatic N) is 3. The first kappa shape index (κ1) is 21.3. The Kier molecular flexibility index (Phi) is 6.21. The Hall–Kier alpha value is -2.95. The van der Waals surface area contributed by atoms with Crippen LogP contribution in [0, 0.1) is 0 Å². The molecular weight excluding hydrogens is 386 g/mol. The van der Waals surface area contributed by atoms with Gasteiger partial charge in [-0.15, -0.1) is 0 Å². The van der Waals surface area contributed by atoms with Crippen LogP contribution in [-0.2, 0) is 12.0 Å². The average Bonchev–Trinajstić information content (AvgIpc) is 3.26. The summed E-state index contributed by atoms with van der Waals surface area (Å²) in [5, 5.41) is 4.13. The van der Waals surface area contributed by atoms with Gasteiger partial charge in [0.2, 0.25) is 11.7 Å². The third-order valence-electron chi connectivity index (χ3n) is 6.08. The van der Waals surface area contributed by atoms with Crippen LogP contribution in [0.5, 0.6) is 0 Å². The fourth-order valence-corrected chi connectivity index (χ4v) is 4.21. The molecule has 1 fully saturated rings. The van der Waals surface area contributed by atoms with Gasteiger partial charge in [-0.1, -0.05) is 87.7 Å². The summed E-state index contributed by atoms with van der Waals surface area (Å²) < 4.78 is 5.54. The van der Waals surface area contributed by atoms with Crippen LogP contribution in [0.1, 0.15) is 74.7 Å². The van der Waals surface area contributed by atoms with E-state index in [2.05, 4.69) is 43.0 Å². The molecule has 0 bridgehead atoms. The van der Waals surface area contributed by atoms with Gasteiger partial charge in [-0.2, -0.15) is 4.98 Å². The van der Waals surface area contributed by atoms with Crippen LogP contribution < -0.4 is 0 Å². The summed E-state index contributed by atoms with van der Waals surface area (Å²) in [5.41, 5.74) is 2.90. The smallest absolute Gasteiger partial charge is 0.254 e. The van der Waals surface area contributed by atoms with Crippen molar-refractivity contribution in [1.82, 2.24) is 15.0 Å². The van der Waals surface area contributed by atoms with Crippen LogP contribution in [0.2, 0.25) is 0 Å². The Bertz CT molecular complexity index is 997. The molecule has 0 aliphatic heterocycles. The van der Waals surface area contributed by atoms with Gasteiger partial charge < -0.3 is 9.42 Å². The number of hydrogen-bond acceptors (Lipinski definition) is 4. The maximum Gasteiger partial charge on any atom is 0.254 e. The topological polar surface area (TPSA) is 59.2 Å². The highest BCUT2D eigenvalue weighted by molar-refractivity contribution is 5.94. The van der Waals surface area contributed by atoms with E-state index in [4.69, 9.17) is 4.52 Å². The summed E-state index contributed by atoms with van der Waals surface area (Å²) in [4.78, 5) is 20.0. The van der Waals surface area contributed by atoms with Gasteiger partial charge in [0.25, 0.3) is 5.91 Å². The quantitative estimate of drug-likeness (QED) is 0.510. The van der Waals surface area contributed by atoms with Gasteiger partial charge in [0.05, 0.1) is 0 Å². The molecule has 0 N–H and O–H groups in total. The Balaban J connectivity index is 1.57. The van der Waals surface area contributed by atoms with E-state index in [1.807, 2.05) is 47.4 Å². The first-order chi connectivity index (χ1) is 14.9. The molecule has 1 heterocycles. The van der Waals surface area contributed by atoms with Crippen LogP contribution in [0.25, 0.3) is 11.4 Å². The summed E-state index contributed by atoms with van der Waals surface area (Å²) >= 11 is 0. The number of benzene rings is 2. The Morgan fingerprint density at radius 1 is 1.00 bits per heavy atom. The molecule has 1 aliphatic carbocycles. The number of hydrogen-bond donors (Lipinski definition) is 0. The number of amides is 1. The zero-order valence-corrected chi connectivity index (χ0v) is 18.7. The van der Waals surface area contributed by atoms with E-state index in [9.17, 15) is 4.79 Å². The van der Waals surface area contributed by atoms with Crippen LogP contribution in [0.4, 0.5) is 0 Å². The third kappa shape index (κ3) is 5.04. The molecule has 0 spiro atoms. The van der Waals surface area contributed by atoms with Crippen molar-refractivity contribution in [2.45, 2.75) is 70.9 Å². The molecule has 162 valence electrons. The summed E-state index contributed by atoms with van der Waals surface area (Å²) in [6.45, 7) is 6.87. The third-order valence-corrected chi connectivity index (χ3v) is 6.08. The minimum atomic E-state index is 0.0341. The number of aromatic nitrogens is 2. The van der Waals surface area contributed by atoms with Crippen LogP contribution in [0.15, 0.2) is 59.1 Å². The van der Waals surface area contributed by atoms with Gasteiger partial charge in [-0.05, 0) is 36.0 Å². The molecule has 5 nitrogen and oxygen atoms in total. The van der Waals surface area contributed by atoms with Gasteiger partial charge in [0, 0.05) is 17.2 Å². The Morgan fingerprint density at radius 2 is 1.68 bits per heavy atom. The van der Waals surface area contributed by atoms with E-state index in [1.54, 1.807) is 0 Å². The monoisotopic (exact) mass is 417 g/mol. The SMILES string of the molecule is CC(C)(C)c1ccc(C(=O)N(Cc2nc(-c3ccccc3)no2)C2CCCCC2)cc1. The minimum Gasteiger partial charge on any atom is -0.337 e. The van der Waals surface area contributed by atoms with E-state index >= 15 is 0 Å². The van der Waals surface area contributed by atoms with Crippen molar-refractivity contribution in [3.63, 3.8) is 0 Å². The summed E-state index contributed by atoms with van der Waals surface area (Å²) in [6, 6.07) is 18.0. The Labute approximate surface area is 184 Å². The van der Waals surface area contributed by atoms with Crippen molar-refractivity contribution in [2.75, 3.05) is 0 Å². The summed E-state index contributed by atoms with van der Waals surface area (Å²) in [7, 11) is 0. The predicted octanol–water partition coefficient (Wildman–Crippen LogP) is 6.01. The van der Waals surface area contributed by atoms with Gasteiger partial charge in [0.15, 0.2) is 0 Å². The first-order valence-electron chi connectivity index (χ1n) is 11.2. The van der Waals surface area contributed by atoms with Gasteiger partial charge in [0.1, 0.15) is 6.54 Å². The standard InChI is InChI=1S/C26H31N3O2/c1-26(2,3)21-16-14-20(15-17-21)25(30)29(22-12-8-5-9-13-22)18-23-27-24(28-31-23)19-10-6-4-7-11-19/h4,6-7,10-11,14-17,22H,5,8-9,12-13,18H2,1-3H3. The highest BCUT2D eigenvalue weighted by Crippen LogP contribution is 2.27. The lowest BCUT2D eigenvalue weighted by Crippen LogP contribution is -2.41. The van der Waals surface area contributed by atoms with Crippen LogP contribution >= 0.6 is 0 Å². The van der Waals surface area contributed by atoms with E-state index in [0.29, 0.717) is 23.8 Å². The van der Waals surface area contributed by atoms with Crippen molar-refractivity contribution >= 4 is 5.91 Å². The highest BCUT2D eigenvalue weighted by atomic mass is 16.5. The highest BCUT2D eigenvalue weighted by Gasteiger charge is 2.28. The normalized spacial score (nSPS) is 15.1. The van der Waals surface area contributed by atoms with Crippen molar-refractivity contribution in [1.29, 1.82) is 0 Å². The van der Waals surface area contributed by atoms with Crippen molar-refractivity contribution in [2.24, 2.45) is 0 Å². The lowest BCUT2D eigenvalue weighted by atomic mass is 9.86. The molecule has 0 unspecified atom stereocenters. The van der Waals surface area contributed by atoms with E-state index in [1.165, 1.54) is 12.0 Å². The van der Waals surface area contributed by atoms with E-state index in [0.717, 1.165) is 31.2 Å². The lowest BCUT2D eigenvalue weighted by molar-refractivity contribution is 0.0586. The summed E-state index contributed by atoms with van der Waals surface area (Å²) in [5.74, 6) is 1.07. The van der Waals surface area contributed by atoms with Gasteiger partial charge >= 0.3 is 0 Å². The fourth-order valence-electron chi connectivity index (χ4n) is 4.21. The molecule has 1 aliphatic rings. The second-order valence-corrected chi connectivity index (χ2v) is 9.43. The maximum absolute atomic E-state index is 13.5. The van der Waals surface area contributed by atoms with Crippen LogP contribution in [0.3, 0.4) is 0 Å². The lowest BCUT2D eigenvalue weighted by Gasteiger charge is -2.33. The molecule has 5 heteroatoms. The molecule has 2 aromatic carbocycles. The zero-order chi connectivity index (χ0) is 21.8. The molecule has 0 atom stereocenters. The predicted molar refractivity (Wildman–Crippen MR) is 122 cm³/mol. The van der Waals surface area contributed by atoms with Crippen molar-refractivity contribution in [3.8, 4) is 11.4 Å². The second kappa shape index (κ2) is 9.04. The molecule has 1 aromatic heterocycles. The largest absolute Gasteiger partial charge is 0.337 e. The maximum atomic E-state index is 13.5. The molecule has 31 heavy (non-hydrogen) atoms. The summed E-state index contributed by atoms with van der Waals surface area (Å²) in [6.07, 6.45) is 5.57. The van der Waals surface area contributed by atoms with Gasteiger partial charge in [-0.25, -0.2) is 0 Å². The molecule has 0 radical (unpaired) electrons. The van der Waals surface area contributed by atoms with Crippen molar-refractivity contribution in [3.05, 3.63) is 71.6 Å². The second-order valence-electron chi connectivity index (χ2n) is 9.43. The molecule has 4 rings (SSSR count). The van der Waals surface area contributed by atoms with Crippen LogP contribution in [-0.4, -0.2) is 27.0 Å². The van der Waals surface area contributed by atoms with Crippen molar-refractivity contribution < 1.29 is 9.32 Å². The number of rotatable bonds is 5. The fraction of sp³-hybridized carbons (Fsp3) is 0.423. The zero-order valence-electron chi connectivity index (χ0n) is 18.7. The Morgan fingerprint density at radius 3 is 2.32 bits per heavy atom. The van der Waals surface area contributed by atoms with E-state index in [-0.39, 0.29) is 17.4 Å². The molecule has 0 saturated heterocycles. The molecule has 3 aromatic rings. The first-order valence-corrected chi connectivity index (χ1v) is 11.2. The minimum absolute atomic E-state index is 0.0341. The number of carbonyl (C=O) groups is 1. The molecule has 1 saturated carbocycles. The van der Waals surface area contributed by atoms with E-state index < -0.39 is 0 Å². The molecular formula is C26H31N3O2.